The Morgan fingerprint density at radius 1 is 0.733 bits per heavy atom. The summed E-state index contributed by atoms with van der Waals surface area (Å²) >= 11 is 0. The Bertz CT molecular complexity index is 1590. The van der Waals surface area contributed by atoms with E-state index in [2.05, 4.69) is 69.8 Å². The fourth-order valence-electron chi connectivity index (χ4n) is 6.49. The first-order chi connectivity index (χ1) is 21.9. The number of carbonyl (C=O) groups excluding carboxylic acids is 2. The topological polar surface area (TPSA) is 77.6 Å². The van der Waals surface area contributed by atoms with Crippen LogP contribution in [0.25, 0.3) is 11.1 Å². The highest BCUT2D eigenvalue weighted by Gasteiger charge is 2.24. The van der Waals surface area contributed by atoms with Gasteiger partial charge in [-0.05, 0) is 86.1 Å². The van der Waals surface area contributed by atoms with Crippen molar-refractivity contribution in [3.8, 4) is 11.1 Å². The predicted molar refractivity (Wildman–Crippen MR) is 180 cm³/mol. The maximum atomic E-state index is 13.3. The molecule has 2 fully saturated rings. The van der Waals surface area contributed by atoms with Crippen molar-refractivity contribution < 1.29 is 9.59 Å². The van der Waals surface area contributed by atoms with E-state index in [1.165, 1.54) is 11.1 Å². The molecule has 0 spiro atoms. The van der Waals surface area contributed by atoms with Crippen LogP contribution in [0, 0.1) is 13.8 Å². The van der Waals surface area contributed by atoms with Crippen LogP contribution in [0.5, 0.6) is 0 Å². The van der Waals surface area contributed by atoms with Gasteiger partial charge in [-0.1, -0.05) is 66.2 Å². The molecule has 3 heterocycles. The highest BCUT2D eigenvalue weighted by Crippen LogP contribution is 2.27. The molecule has 0 unspecified atom stereocenters. The first-order valence-electron chi connectivity index (χ1n) is 16.2. The molecular weight excluding hydrogens is 558 g/mol. The van der Waals surface area contributed by atoms with E-state index >= 15 is 0 Å². The molecule has 45 heavy (non-hydrogen) atoms. The fourth-order valence-corrected chi connectivity index (χ4v) is 6.49. The molecule has 2 aliphatic rings. The monoisotopic (exact) mass is 601 g/mol. The molecule has 0 radical (unpaired) electrons. The largest absolute Gasteiger partial charge is 0.356 e. The third kappa shape index (κ3) is 7.60. The summed E-state index contributed by atoms with van der Waals surface area (Å²) in [6.07, 6.45) is 5.68. The molecule has 6 rings (SSSR count). The van der Waals surface area contributed by atoms with Crippen LogP contribution in [0.2, 0.25) is 0 Å². The summed E-state index contributed by atoms with van der Waals surface area (Å²) in [4.78, 5) is 35.3. The number of aryl methyl sites for hydroxylation is 1. The van der Waals surface area contributed by atoms with E-state index in [-0.39, 0.29) is 23.9 Å². The quantitative estimate of drug-likeness (QED) is 0.253. The van der Waals surface area contributed by atoms with Crippen molar-refractivity contribution >= 4 is 17.6 Å². The number of amides is 2. The van der Waals surface area contributed by atoms with Gasteiger partial charge >= 0.3 is 0 Å². The second kappa shape index (κ2) is 14.1. The molecule has 2 saturated heterocycles. The summed E-state index contributed by atoms with van der Waals surface area (Å²) in [5.41, 5.74) is 7.15. The van der Waals surface area contributed by atoms with E-state index in [1.54, 1.807) is 0 Å². The average Bonchev–Trinajstić information content (AvgIpc) is 3.07. The molecule has 3 aromatic carbocycles. The minimum Gasteiger partial charge on any atom is -0.356 e. The number of rotatable bonds is 8. The number of hydrogen-bond donors (Lipinski definition) is 2. The van der Waals surface area contributed by atoms with Crippen molar-refractivity contribution in [1.82, 2.24) is 20.5 Å². The van der Waals surface area contributed by atoms with E-state index in [4.69, 9.17) is 4.98 Å². The van der Waals surface area contributed by atoms with Gasteiger partial charge < -0.3 is 15.5 Å². The van der Waals surface area contributed by atoms with Crippen molar-refractivity contribution in [3.63, 3.8) is 0 Å². The van der Waals surface area contributed by atoms with Gasteiger partial charge in [-0.3, -0.25) is 14.5 Å². The van der Waals surface area contributed by atoms with Crippen LogP contribution in [-0.4, -0.2) is 60.0 Å². The molecule has 7 nitrogen and oxygen atoms in total. The number of pyridine rings is 1. The standard InChI is InChI=1S/C38H43N5O2/c1-27-11-14-30(15-12-27)34-9-6-10-35(28(34)2)38(45)41-32-17-21-42(22-18-32)26-29-13-16-36(39-25-29)43-23-19-33(20-24-43)40-37(44)31-7-4-3-5-8-31/h3-16,25,32-33H,17-24,26H2,1-2H3,(H,40,44)(H,41,45). The summed E-state index contributed by atoms with van der Waals surface area (Å²) in [7, 11) is 0. The van der Waals surface area contributed by atoms with Gasteiger partial charge in [0, 0.05) is 62.1 Å². The summed E-state index contributed by atoms with van der Waals surface area (Å²) in [5.74, 6) is 1.01. The average molecular weight is 602 g/mol. The highest BCUT2D eigenvalue weighted by molar-refractivity contribution is 5.97. The van der Waals surface area contributed by atoms with Crippen molar-refractivity contribution in [3.05, 3.63) is 119 Å². The number of nitrogens with one attached hydrogen (secondary N) is 2. The van der Waals surface area contributed by atoms with Crippen LogP contribution < -0.4 is 15.5 Å². The van der Waals surface area contributed by atoms with Gasteiger partial charge in [-0.25, -0.2) is 4.98 Å². The van der Waals surface area contributed by atoms with Gasteiger partial charge in [-0.15, -0.1) is 0 Å². The van der Waals surface area contributed by atoms with Gasteiger partial charge in [0.1, 0.15) is 5.82 Å². The Labute approximate surface area is 266 Å². The van der Waals surface area contributed by atoms with Crippen molar-refractivity contribution in [2.75, 3.05) is 31.1 Å². The molecule has 232 valence electrons. The molecule has 0 aliphatic carbocycles. The summed E-state index contributed by atoms with van der Waals surface area (Å²) in [6.45, 7) is 8.62. The maximum Gasteiger partial charge on any atom is 0.251 e. The molecular formula is C38H43N5O2. The van der Waals surface area contributed by atoms with Crippen molar-refractivity contribution in [1.29, 1.82) is 0 Å². The minimum atomic E-state index is 0.00158. The van der Waals surface area contributed by atoms with Gasteiger partial charge in [0.2, 0.25) is 0 Å². The first kappa shape index (κ1) is 30.5. The van der Waals surface area contributed by atoms with E-state index in [0.29, 0.717) is 5.56 Å². The lowest BCUT2D eigenvalue weighted by atomic mass is 9.95. The zero-order valence-electron chi connectivity index (χ0n) is 26.3. The van der Waals surface area contributed by atoms with Crippen molar-refractivity contribution in [2.45, 2.75) is 58.2 Å². The lowest BCUT2D eigenvalue weighted by Gasteiger charge is -2.34. The van der Waals surface area contributed by atoms with Crippen LogP contribution in [-0.2, 0) is 6.54 Å². The first-order valence-corrected chi connectivity index (χ1v) is 16.2. The summed E-state index contributed by atoms with van der Waals surface area (Å²) in [5, 5.41) is 6.49. The second-order valence-corrected chi connectivity index (χ2v) is 12.5. The zero-order chi connectivity index (χ0) is 31.2. The Morgan fingerprint density at radius 2 is 1.40 bits per heavy atom. The number of carbonyl (C=O) groups is 2. The number of nitrogens with zero attached hydrogens (tertiary/aromatic N) is 3. The van der Waals surface area contributed by atoms with Crippen molar-refractivity contribution in [2.24, 2.45) is 0 Å². The molecule has 0 saturated carbocycles. The number of benzene rings is 3. The number of aromatic nitrogens is 1. The lowest BCUT2D eigenvalue weighted by Crippen LogP contribution is -2.45. The molecule has 4 aromatic rings. The Balaban J connectivity index is 0.948. The number of likely N-dealkylation sites (tertiary alicyclic amines) is 1. The molecule has 2 amide bonds. The molecule has 1 aromatic heterocycles. The predicted octanol–water partition coefficient (Wildman–Crippen LogP) is 6.16. The minimum absolute atomic E-state index is 0.00158. The van der Waals surface area contributed by atoms with Gasteiger partial charge in [0.15, 0.2) is 0 Å². The molecule has 0 atom stereocenters. The smallest absolute Gasteiger partial charge is 0.251 e. The molecule has 7 heteroatoms. The lowest BCUT2D eigenvalue weighted by molar-refractivity contribution is 0.0905. The number of hydrogen-bond acceptors (Lipinski definition) is 5. The SMILES string of the molecule is Cc1ccc(-c2cccc(C(=O)NC3CCN(Cc4ccc(N5CCC(NC(=O)c6ccccc6)CC5)nc4)CC3)c2C)cc1. The van der Waals surface area contributed by atoms with Crippen LogP contribution in [0.3, 0.4) is 0 Å². The summed E-state index contributed by atoms with van der Waals surface area (Å²) in [6, 6.07) is 28.6. The Kier molecular flexibility index (Phi) is 9.55. The highest BCUT2D eigenvalue weighted by atomic mass is 16.2. The number of piperidine rings is 2. The summed E-state index contributed by atoms with van der Waals surface area (Å²) < 4.78 is 0. The van der Waals surface area contributed by atoms with E-state index in [9.17, 15) is 9.59 Å². The third-order valence-electron chi connectivity index (χ3n) is 9.27. The number of anilines is 1. The molecule has 0 bridgehead atoms. The van der Waals surface area contributed by atoms with E-state index in [1.807, 2.05) is 55.6 Å². The normalized spacial score (nSPS) is 16.4. The fraction of sp³-hybridized carbons (Fsp3) is 0.342. The van der Waals surface area contributed by atoms with Gasteiger partial charge in [-0.2, -0.15) is 0 Å². The third-order valence-corrected chi connectivity index (χ3v) is 9.27. The Hall–Kier alpha value is -4.49. The van der Waals surface area contributed by atoms with Gasteiger partial charge in [0.05, 0.1) is 0 Å². The van der Waals surface area contributed by atoms with Crippen LogP contribution in [0.4, 0.5) is 5.82 Å². The second-order valence-electron chi connectivity index (χ2n) is 12.5. The Morgan fingerprint density at radius 3 is 2.07 bits per heavy atom. The van der Waals surface area contributed by atoms with Crippen LogP contribution in [0.15, 0.2) is 91.1 Å². The van der Waals surface area contributed by atoms with Gasteiger partial charge in [0.25, 0.3) is 11.8 Å². The van der Waals surface area contributed by atoms with E-state index in [0.717, 1.165) is 86.5 Å². The maximum absolute atomic E-state index is 13.3. The molecule has 2 aliphatic heterocycles. The zero-order valence-corrected chi connectivity index (χ0v) is 26.3. The van der Waals surface area contributed by atoms with E-state index < -0.39 is 0 Å². The van der Waals surface area contributed by atoms with Crippen LogP contribution in [0.1, 0.15) is 63.1 Å². The molecule has 2 N–H and O–H groups in total. The van der Waals surface area contributed by atoms with Crippen LogP contribution >= 0.6 is 0 Å².